The second kappa shape index (κ2) is 12.4. The van der Waals surface area contributed by atoms with E-state index in [1.165, 1.54) is 0 Å². The third kappa shape index (κ3) is 6.34. The molecule has 8 nitrogen and oxygen atoms in total. The van der Waals surface area contributed by atoms with Crippen molar-refractivity contribution in [3.63, 3.8) is 0 Å². The minimum atomic E-state index is 0.551. The van der Waals surface area contributed by atoms with Crippen molar-refractivity contribution in [2.24, 2.45) is 4.99 Å². The number of methoxy groups -OCH3 is 4. The minimum Gasteiger partial charge on any atom is -0.493 e. The number of ether oxygens (including phenoxy) is 5. The van der Waals surface area contributed by atoms with Gasteiger partial charge in [0.1, 0.15) is 0 Å². The van der Waals surface area contributed by atoms with E-state index in [0.29, 0.717) is 54.3 Å². The molecule has 0 saturated heterocycles. The zero-order valence-electron chi connectivity index (χ0n) is 19.2. The molecule has 170 valence electrons. The second-order valence-corrected chi connectivity index (χ2v) is 6.43. The molecular formula is C23H33N3O5. The smallest absolute Gasteiger partial charge is 0.203 e. The Morgan fingerprint density at radius 1 is 0.839 bits per heavy atom. The van der Waals surface area contributed by atoms with Crippen LogP contribution in [0.25, 0.3) is 0 Å². The zero-order valence-corrected chi connectivity index (χ0v) is 19.2. The van der Waals surface area contributed by atoms with Crippen molar-refractivity contribution >= 4 is 11.6 Å². The first-order valence-electron chi connectivity index (χ1n) is 10.3. The van der Waals surface area contributed by atoms with Crippen LogP contribution in [0.5, 0.6) is 28.7 Å². The molecule has 0 bridgehead atoms. The number of hydrogen-bond donors (Lipinski definition) is 2. The van der Waals surface area contributed by atoms with E-state index in [-0.39, 0.29) is 0 Å². The summed E-state index contributed by atoms with van der Waals surface area (Å²) in [6, 6.07) is 9.52. The van der Waals surface area contributed by atoms with Gasteiger partial charge in [-0.05, 0) is 38.5 Å². The largest absolute Gasteiger partial charge is 0.493 e. The topological polar surface area (TPSA) is 82.6 Å². The fourth-order valence-electron chi connectivity index (χ4n) is 3.11. The summed E-state index contributed by atoms with van der Waals surface area (Å²) in [5, 5.41) is 6.57. The quantitative estimate of drug-likeness (QED) is 0.414. The van der Waals surface area contributed by atoms with E-state index in [1.807, 2.05) is 44.2 Å². The Bertz CT molecular complexity index is 871. The molecule has 2 N–H and O–H groups in total. The van der Waals surface area contributed by atoms with Gasteiger partial charge < -0.3 is 34.3 Å². The normalized spacial score (nSPS) is 11.0. The van der Waals surface area contributed by atoms with E-state index in [4.69, 9.17) is 28.7 Å². The van der Waals surface area contributed by atoms with Gasteiger partial charge >= 0.3 is 0 Å². The molecule has 0 fully saturated rings. The molecule has 0 amide bonds. The molecule has 0 aliphatic heterocycles. The highest BCUT2D eigenvalue weighted by molar-refractivity contribution is 5.93. The number of guanidine groups is 1. The summed E-state index contributed by atoms with van der Waals surface area (Å²) in [6.07, 6.45) is 0.674. The molecule has 0 aliphatic carbocycles. The molecule has 0 aromatic heterocycles. The Morgan fingerprint density at radius 3 is 2.16 bits per heavy atom. The van der Waals surface area contributed by atoms with Crippen molar-refractivity contribution in [1.82, 2.24) is 5.32 Å². The van der Waals surface area contributed by atoms with E-state index in [1.54, 1.807) is 28.4 Å². The molecule has 0 atom stereocenters. The van der Waals surface area contributed by atoms with Gasteiger partial charge in [0, 0.05) is 30.4 Å². The Hall–Kier alpha value is -3.29. The molecule has 0 spiro atoms. The van der Waals surface area contributed by atoms with Crippen LogP contribution in [0.1, 0.15) is 19.4 Å². The number of benzene rings is 2. The van der Waals surface area contributed by atoms with Crippen LogP contribution in [0.2, 0.25) is 0 Å². The third-order valence-corrected chi connectivity index (χ3v) is 4.51. The van der Waals surface area contributed by atoms with Gasteiger partial charge in [0.05, 0.1) is 35.0 Å². The average Bonchev–Trinajstić information content (AvgIpc) is 2.79. The van der Waals surface area contributed by atoms with Crippen molar-refractivity contribution < 1.29 is 23.7 Å². The first kappa shape index (κ1) is 24.0. The van der Waals surface area contributed by atoms with E-state index < -0.39 is 0 Å². The predicted octanol–water partition coefficient (Wildman–Crippen LogP) is 3.74. The molecular weight excluding hydrogens is 398 g/mol. The Morgan fingerprint density at radius 2 is 1.55 bits per heavy atom. The van der Waals surface area contributed by atoms with Gasteiger partial charge in [0.25, 0.3) is 0 Å². The average molecular weight is 432 g/mol. The fourth-order valence-corrected chi connectivity index (χ4v) is 3.11. The molecule has 0 unspecified atom stereocenters. The lowest BCUT2D eigenvalue weighted by molar-refractivity contribution is 0.311. The monoisotopic (exact) mass is 431 g/mol. The summed E-state index contributed by atoms with van der Waals surface area (Å²) >= 11 is 0. The highest BCUT2D eigenvalue weighted by Gasteiger charge is 2.15. The number of rotatable bonds is 11. The lowest BCUT2D eigenvalue weighted by atomic mass is 10.1. The lowest BCUT2D eigenvalue weighted by Crippen LogP contribution is -2.30. The highest BCUT2D eigenvalue weighted by atomic mass is 16.5. The number of anilines is 1. The van der Waals surface area contributed by atoms with Crippen LogP contribution in [0.3, 0.4) is 0 Å². The van der Waals surface area contributed by atoms with Gasteiger partial charge in [-0.1, -0.05) is 6.07 Å². The SMILES string of the molecule is CCNC(=NCCc1ccc(OC)c(OC)c1OC)Nc1ccc(OC)c(OCC)c1. The molecule has 2 aromatic carbocycles. The van der Waals surface area contributed by atoms with Gasteiger partial charge in [-0.3, -0.25) is 4.99 Å². The maximum Gasteiger partial charge on any atom is 0.203 e. The molecule has 2 rings (SSSR count). The number of aliphatic imine (C=N–C) groups is 1. The Balaban J connectivity index is 2.16. The van der Waals surface area contributed by atoms with Gasteiger partial charge in [0.15, 0.2) is 29.0 Å². The van der Waals surface area contributed by atoms with Crippen LogP contribution in [-0.4, -0.2) is 54.1 Å². The maximum absolute atomic E-state index is 5.65. The summed E-state index contributed by atoms with van der Waals surface area (Å²) in [5.74, 6) is 3.92. The van der Waals surface area contributed by atoms with E-state index >= 15 is 0 Å². The molecule has 0 heterocycles. The van der Waals surface area contributed by atoms with Crippen LogP contribution in [0.15, 0.2) is 35.3 Å². The first-order valence-corrected chi connectivity index (χ1v) is 10.3. The van der Waals surface area contributed by atoms with E-state index in [2.05, 4.69) is 10.6 Å². The zero-order chi connectivity index (χ0) is 22.6. The molecule has 8 heteroatoms. The standard InChI is InChI=1S/C23H33N3O5/c1-7-24-23(26-17-10-12-18(27-3)20(15-17)31-8-2)25-14-13-16-9-11-19(28-4)22(30-6)21(16)29-5/h9-12,15H,7-8,13-14H2,1-6H3,(H2,24,25,26). The van der Waals surface area contributed by atoms with Crippen molar-refractivity contribution in [3.05, 3.63) is 35.9 Å². The molecule has 0 saturated carbocycles. The van der Waals surface area contributed by atoms with Gasteiger partial charge in [-0.2, -0.15) is 0 Å². The minimum absolute atomic E-state index is 0.551. The number of nitrogens with one attached hydrogen (secondary N) is 2. The Labute approximate surface area is 184 Å². The highest BCUT2D eigenvalue weighted by Crippen LogP contribution is 2.39. The summed E-state index contributed by atoms with van der Waals surface area (Å²) in [4.78, 5) is 4.69. The van der Waals surface area contributed by atoms with Crippen molar-refractivity contribution in [2.45, 2.75) is 20.3 Å². The summed E-state index contributed by atoms with van der Waals surface area (Å²) < 4.78 is 27.4. The van der Waals surface area contributed by atoms with Gasteiger partial charge in [-0.15, -0.1) is 0 Å². The van der Waals surface area contributed by atoms with Crippen LogP contribution >= 0.6 is 0 Å². The number of hydrogen-bond acceptors (Lipinski definition) is 6. The Kier molecular flexibility index (Phi) is 9.61. The predicted molar refractivity (Wildman–Crippen MR) is 124 cm³/mol. The molecule has 2 aromatic rings. The van der Waals surface area contributed by atoms with Crippen molar-refractivity contribution in [1.29, 1.82) is 0 Å². The van der Waals surface area contributed by atoms with Crippen LogP contribution in [-0.2, 0) is 6.42 Å². The van der Waals surface area contributed by atoms with Crippen LogP contribution in [0.4, 0.5) is 5.69 Å². The summed E-state index contributed by atoms with van der Waals surface area (Å²) in [7, 11) is 6.45. The third-order valence-electron chi connectivity index (χ3n) is 4.51. The van der Waals surface area contributed by atoms with Gasteiger partial charge in [-0.25, -0.2) is 0 Å². The maximum atomic E-state index is 5.65. The van der Waals surface area contributed by atoms with E-state index in [9.17, 15) is 0 Å². The van der Waals surface area contributed by atoms with Crippen molar-refractivity contribution in [2.75, 3.05) is 53.5 Å². The molecule has 31 heavy (non-hydrogen) atoms. The van der Waals surface area contributed by atoms with Crippen molar-refractivity contribution in [3.8, 4) is 28.7 Å². The van der Waals surface area contributed by atoms with Crippen LogP contribution < -0.4 is 34.3 Å². The lowest BCUT2D eigenvalue weighted by Gasteiger charge is -2.16. The first-order chi connectivity index (χ1) is 15.1. The van der Waals surface area contributed by atoms with E-state index in [0.717, 1.165) is 17.8 Å². The van der Waals surface area contributed by atoms with Crippen LogP contribution in [0, 0.1) is 0 Å². The molecule has 0 aliphatic rings. The summed E-state index contributed by atoms with van der Waals surface area (Å²) in [6.45, 7) is 5.80. The molecule has 0 radical (unpaired) electrons. The second-order valence-electron chi connectivity index (χ2n) is 6.43. The number of nitrogens with zero attached hydrogens (tertiary/aromatic N) is 1. The van der Waals surface area contributed by atoms with Gasteiger partial charge in [0.2, 0.25) is 5.75 Å². The fraction of sp³-hybridized carbons (Fsp3) is 0.435. The summed E-state index contributed by atoms with van der Waals surface area (Å²) in [5.41, 5.74) is 1.84.